The lowest BCUT2D eigenvalue weighted by molar-refractivity contribution is -0.166. The van der Waals surface area contributed by atoms with Crippen LogP contribution >= 0.6 is 0 Å². The van der Waals surface area contributed by atoms with Crippen LogP contribution in [-0.4, -0.2) is 11.9 Å². The standard InChI is InChI=1S/C11H12N2O4/c1-7(12)10(14)16-9(11(15)17-13)8-5-3-2-4-6-8/h2-6,9H,1,12-13H2. The highest BCUT2D eigenvalue weighted by Gasteiger charge is 2.26. The number of carbonyl (C=O) groups excluding carboxylic acids is 2. The van der Waals surface area contributed by atoms with Crippen molar-refractivity contribution in [1.29, 1.82) is 0 Å². The molecule has 1 rings (SSSR count). The van der Waals surface area contributed by atoms with Gasteiger partial charge in [-0.3, -0.25) is 0 Å². The van der Waals surface area contributed by atoms with Gasteiger partial charge in [0.15, 0.2) is 0 Å². The molecule has 17 heavy (non-hydrogen) atoms. The van der Waals surface area contributed by atoms with E-state index in [1.807, 2.05) is 0 Å². The SMILES string of the molecule is C=C(N)C(=O)OC(C(=O)ON)c1ccccc1. The summed E-state index contributed by atoms with van der Waals surface area (Å²) in [6.45, 7) is 3.21. The molecule has 0 aromatic heterocycles. The Labute approximate surface area is 97.8 Å². The summed E-state index contributed by atoms with van der Waals surface area (Å²) >= 11 is 0. The van der Waals surface area contributed by atoms with Crippen LogP contribution in [0.2, 0.25) is 0 Å². The van der Waals surface area contributed by atoms with E-state index >= 15 is 0 Å². The summed E-state index contributed by atoms with van der Waals surface area (Å²) in [7, 11) is 0. The highest BCUT2D eigenvalue weighted by atomic mass is 16.7. The van der Waals surface area contributed by atoms with Crippen molar-refractivity contribution < 1.29 is 19.2 Å². The van der Waals surface area contributed by atoms with E-state index in [0.29, 0.717) is 5.56 Å². The second kappa shape index (κ2) is 5.66. The van der Waals surface area contributed by atoms with Crippen LogP contribution in [0.3, 0.4) is 0 Å². The summed E-state index contributed by atoms with van der Waals surface area (Å²) in [6.07, 6.45) is -1.26. The maximum absolute atomic E-state index is 11.4. The molecule has 0 aliphatic carbocycles. The van der Waals surface area contributed by atoms with Crippen molar-refractivity contribution in [2.75, 3.05) is 0 Å². The summed E-state index contributed by atoms with van der Waals surface area (Å²) in [5, 5.41) is 0. The fourth-order valence-electron chi connectivity index (χ4n) is 1.12. The summed E-state index contributed by atoms with van der Waals surface area (Å²) < 4.78 is 4.83. The fraction of sp³-hybridized carbons (Fsp3) is 0.0909. The van der Waals surface area contributed by atoms with Gasteiger partial charge in [0, 0.05) is 5.56 Å². The van der Waals surface area contributed by atoms with Crippen LogP contribution in [-0.2, 0) is 19.2 Å². The molecule has 6 heteroatoms. The number of hydrogen-bond donors (Lipinski definition) is 2. The van der Waals surface area contributed by atoms with Crippen LogP contribution in [0.15, 0.2) is 42.6 Å². The van der Waals surface area contributed by atoms with Crippen molar-refractivity contribution in [1.82, 2.24) is 0 Å². The van der Waals surface area contributed by atoms with Crippen LogP contribution in [0.25, 0.3) is 0 Å². The van der Waals surface area contributed by atoms with Gasteiger partial charge in [-0.2, -0.15) is 5.90 Å². The third kappa shape index (κ3) is 3.32. The van der Waals surface area contributed by atoms with Crippen molar-refractivity contribution >= 4 is 11.9 Å². The first-order valence-corrected chi connectivity index (χ1v) is 4.67. The van der Waals surface area contributed by atoms with Crippen molar-refractivity contribution in [2.45, 2.75) is 6.10 Å². The molecule has 0 saturated heterocycles. The van der Waals surface area contributed by atoms with Gasteiger partial charge in [0.2, 0.25) is 6.10 Å². The number of carbonyl (C=O) groups is 2. The summed E-state index contributed by atoms with van der Waals surface area (Å²) in [5.74, 6) is 2.97. The van der Waals surface area contributed by atoms with Crippen molar-refractivity contribution in [3.8, 4) is 0 Å². The van der Waals surface area contributed by atoms with Gasteiger partial charge in [-0.05, 0) is 0 Å². The van der Waals surface area contributed by atoms with Crippen LogP contribution in [0.5, 0.6) is 0 Å². The summed E-state index contributed by atoms with van der Waals surface area (Å²) in [6, 6.07) is 8.29. The lowest BCUT2D eigenvalue weighted by Gasteiger charge is -2.15. The highest BCUT2D eigenvalue weighted by Crippen LogP contribution is 2.19. The molecule has 1 unspecified atom stereocenters. The lowest BCUT2D eigenvalue weighted by Crippen LogP contribution is -2.26. The zero-order chi connectivity index (χ0) is 12.8. The van der Waals surface area contributed by atoms with E-state index in [4.69, 9.17) is 16.4 Å². The zero-order valence-corrected chi connectivity index (χ0v) is 8.96. The molecule has 0 aliphatic rings. The molecule has 0 amide bonds. The molecule has 0 heterocycles. The predicted molar refractivity (Wildman–Crippen MR) is 58.9 cm³/mol. The van der Waals surface area contributed by atoms with Gasteiger partial charge in [-0.25, -0.2) is 9.59 Å². The van der Waals surface area contributed by atoms with Crippen LogP contribution < -0.4 is 11.6 Å². The van der Waals surface area contributed by atoms with Crippen molar-refractivity contribution in [3.63, 3.8) is 0 Å². The maximum Gasteiger partial charge on any atom is 0.370 e. The zero-order valence-electron chi connectivity index (χ0n) is 8.96. The first-order valence-electron chi connectivity index (χ1n) is 4.67. The van der Waals surface area contributed by atoms with E-state index in [1.165, 1.54) is 0 Å². The van der Waals surface area contributed by atoms with Gasteiger partial charge in [-0.15, -0.1) is 0 Å². The Bertz CT molecular complexity index is 430. The molecule has 0 radical (unpaired) electrons. The third-order valence-corrected chi connectivity index (χ3v) is 1.92. The lowest BCUT2D eigenvalue weighted by atomic mass is 10.1. The van der Waals surface area contributed by atoms with Gasteiger partial charge in [0.05, 0.1) is 0 Å². The minimum atomic E-state index is -1.26. The van der Waals surface area contributed by atoms with E-state index in [0.717, 1.165) is 0 Å². The molecule has 90 valence electrons. The predicted octanol–water partition coefficient (Wildman–Crippen LogP) is 0.160. The third-order valence-electron chi connectivity index (χ3n) is 1.92. The molecule has 1 aromatic rings. The number of nitrogens with two attached hydrogens (primary N) is 2. The largest absolute Gasteiger partial charge is 0.441 e. The second-order valence-electron chi connectivity index (χ2n) is 3.16. The Morgan fingerprint density at radius 2 is 1.82 bits per heavy atom. The fourth-order valence-corrected chi connectivity index (χ4v) is 1.12. The summed E-state index contributed by atoms with van der Waals surface area (Å²) in [4.78, 5) is 26.7. The number of esters is 1. The van der Waals surface area contributed by atoms with Gasteiger partial charge >= 0.3 is 11.9 Å². The molecule has 0 spiro atoms. The Morgan fingerprint density at radius 1 is 1.24 bits per heavy atom. The minimum Gasteiger partial charge on any atom is -0.441 e. The summed E-state index contributed by atoms with van der Waals surface area (Å²) in [5.41, 5.74) is 5.27. The van der Waals surface area contributed by atoms with Gasteiger partial charge < -0.3 is 15.3 Å². The van der Waals surface area contributed by atoms with E-state index in [9.17, 15) is 9.59 Å². The molecule has 6 nitrogen and oxygen atoms in total. The topological polar surface area (TPSA) is 105 Å². The molecule has 0 aliphatic heterocycles. The molecule has 0 fully saturated rings. The molecule has 1 aromatic carbocycles. The van der Waals surface area contributed by atoms with E-state index in [2.05, 4.69) is 11.4 Å². The smallest absolute Gasteiger partial charge is 0.370 e. The van der Waals surface area contributed by atoms with Gasteiger partial charge in [0.1, 0.15) is 5.70 Å². The monoisotopic (exact) mass is 236 g/mol. The van der Waals surface area contributed by atoms with E-state index in [-0.39, 0.29) is 5.70 Å². The van der Waals surface area contributed by atoms with Crippen molar-refractivity contribution in [3.05, 3.63) is 48.2 Å². The number of hydrogen-bond acceptors (Lipinski definition) is 6. The first kappa shape index (κ1) is 12.7. The number of benzene rings is 1. The van der Waals surface area contributed by atoms with E-state index < -0.39 is 18.0 Å². The Hall–Kier alpha value is -2.34. The average Bonchev–Trinajstić information content (AvgIpc) is 2.35. The Balaban J connectivity index is 2.93. The quantitative estimate of drug-likeness (QED) is 0.438. The maximum atomic E-state index is 11.4. The van der Waals surface area contributed by atoms with Crippen molar-refractivity contribution in [2.24, 2.45) is 11.6 Å². The number of ether oxygens (including phenoxy) is 1. The molecule has 4 N–H and O–H groups in total. The Kier molecular flexibility index (Phi) is 4.24. The first-order chi connectivity index (χ1) is 8.06. The molecule has 0 saturated carbocycles. The molecular weight excluding hydrogens is 224 g/mol. The van der Waals surface area contributed by atoms with E-state index in [1.54, 1.807) is 30.3 Å². The van der Waals surface area contributed by atoms with Crippen LogP contribution in [0, 0.1) is 0 Å². The average molecular weight is 236 g/mol. The van der Waals surface area contributed by atoms with Crippen LogP contribution in [0.1, 0.15) is 11.7 Å². The highest BCUT2D eigenvalue weighted by molar-refractivity contribution is 5.89. The van der Waals surface area contributed by atoms with Crippen LogP contribution in [0.4, 0.5) is 0 Å². The van der Waals surface area contributed by atoms with Gasteiger partial charge in [0.25, 0.3) is 0 Å². The molecule has 0 bridgehead atoms. The number of rotatable bonds is 4. The minimum absolute atomic E-state index is 0.309. The second-order valence-corrected chi connectivity index (χ2v) is 3.16. The Morgan fingerprint density at radius 3 is 2.29 bits per heavy atom. The molecule has 1 atom stereocenters. The van der Waals surface area contributed by atoms with Gasteiger partial charge in [-0.1, -0.05) is 36.9 Å². The molecular formula is C11H12N2O4. The normalized spacial score (nSPS) is 11.4.